The summed E-state index contributed by atoms with van der Waals surface area (Å²) >= 11 is 5.88. The molecule has 0 atom stereocenters. The third-order valence-corrected chi connectivity index (χ3v) is 1.92. The lowest BCUT2D eigenvalue weighted by Gasteiger charge is -2.24. The molecule has 0 aliphatic rings. The van der Waals surface area contributed by atoms with E-state index >= 15 is 0 Å². The zero-order valence-electron chi connectivity index (χ0n) is 7.75. The molecule has 1 aromatic carbocycles. The molecular weight excluding hydrogens is 188 g/mol. The van der Waals surface area contributed by atoms with Crippen molar-refractivity contribution in [1.29, 1.82) is 0 Å². The third-order valence-electron chi connectivity index (χ3n) is 1.60. The van der Waals surface area contributed by atoms with Crippen LogP contribution in [0.2, 0.25) is 5.02 Å². The van der Waals surface area contributed by atoms with Crippen LogP contribution >= 0.6 is 11.6 Å². The minimum absolute atomic E-state index is 0.0434. The van der Waals surface area contributed by atoms with Gasteiger partial charge in [0.05, 0.1) is 11.6 Å². The van der Waals surface area contributed by atoms with Gasteiger partial charge in [-0.15, -0.1) is 0 Å². The molecule has 72 valence electrons. The van der Waals surface area contributed by atoms with Crippen LogP contribution in [-0.4, -0.2) is 17.3 Å². The standard InChI is InChI=1S/C10H13ClO2/c1-10(2,7-12)13-9-6-4-3-5-8(9)11/h3-6,12H,7H2,1-2H3. The van der Waals surface area contributed by atoms with Crippen molar-refractivity contribution < 1.29 is 9.84 Å². The molecule has 0 saturated heterocycles. The van der Waals surface area contributed by atoms with E-state index in [-0.39, 0.29) is 6.61 Å². The predicted molar refractivity (Wildman–Crippen MR) is 53.2 cm³/mol. The Hall–Kier alpha value is -0.730. The van der Waals surface area contributed by atoms with Crippen LogP contribution in [0, 0.1) is 0 Å². The van der Waals surface area contributed by atoms with Crippen LogP contribution in [0.5, 0.6) is 5.75 Å². The highest BCUT2D eigenvalue weighted by molar-refractivity contribution is 6.32. The van der Waals surface area contributed by atoms with E-state index < -0.39 is 5.60 Å². The molecule has 0 aromatic heterocycles. The largest absolute Gasteiger partial charge is 0.484 e. The molecule has 1 rings (SSSR count). The number of halogens is 1. The summed E-state index contributed by atoms with van der Waals surface area (Å²) in [6.45, 7) is 3.56. The fourth-order valence-electron chi connectivity index (χ4n) is 0.857. The normalized spacial score (nSPS) is 11.4. The number of hydrogen-bond donors (Lipinski definition) is 1. The summed E-state index contributed by atoms with van der Waals surface area (Å²) in [5, 5.41) is 9.54. The first kappa shape index (κ1) is 10.4. The average Bonchev–Trinajstić information content (AvgIpc) is 2.09. The summed E-state index contributed by atoms with van der Waals surface area (Å²) in [6, 6.07) is 7.21. The summed E-state index contributed by atoms with van der Waals surface area (Å²) < 4.78 is 5.50. The summed E-state index contributed by atoms with van der Waals surface area (Å²) in [4.78, 5) is 0. The molecule has 0 radical (unpaired) electrons. The quantitative estimate of drug-likeness (QED) is 0.813. The molecule has 0 saturated carbocycles. The molecular formula is C10H13ClO2. The molecule has 1 aromatic rings. The number of ether oxygens (including phenoxy) is 1. The van der Waals surface area contributed by atoms with Crippen molar-refractivity contribution in [2.45, 2.75) is 19.4 Å². The van der Waals surface area contributed by atoms with E-state index in [1.807, 2.05) is 12.1 Å². The van der Waals surface area contributed by atoms with Crippen LogP contribution in [0.1, 0.15) is 13.8 Å². The van der Waals surface area contributed by atoms with E-state index in [0.29, 0.717) is 10.8 Å². The highest BCUT2D eigenvalue weighted by Crippen LogP contribution is 2.26. The molecule has 0 unspecified atom stereocenters. The summed E-state index contributed by atoms with van der Waals surface area (Å²) in [6.07, 6.45) is 0. The second-order valence-corrected chi connectivity index (χ2v) is 3.86. The van der Waals surface area contributed by atoms with Crippen LogP contribution in [0.4, 0.5) is 0 Å². The molecule has 3 heteroatoms. The van der Waals surface area contributed by atoms with Gasteiger partial charge in [0.15, 0.2) is 0 Å². The number of aliphatic hydroxyl groups is 1. The predicted octanol–water partition coefficient (Wildman–Crippen LogP) is 2.49. The minimum Gasteiger partial charge on any atom is -0.484 e. The zero-order chi connectivity index (χ0) is 9.90. The van der Waals surface area contributed by atoms with Crippen molar-refractivity contribution in [3.05, 3.63) is 29.3 Å². The topological polar surface area (TPSA) is 29.5 Å². The maximum atomic E-state index is 8.98. The lowest BCUT2D eigenvalue weighted by Crippen LogP contribution is -2.32. The molecule has 0 aliphatic heterocycles. The zero-order valence-corrected chi connectivity index (χ0v) is 8.51. The smallest absolute Gasteiger partial charge is 0.138 e. The maximum Gasteiger partial charge on any atom is 0.138 e. The van der Waals surface area contributed by atoms with Gasteiger partial charge >= 0.3 is 0 Å². The van der Waals surface area contributed by atoms with Gasteiger partial charge in [0.1, 0.15) is 11.4 Å². The SMILES string of the molecule is CC(C)(CO)Oc1ccccc1Cl. The molecule has 0 amide bonds. The van der Waals surface area contributed by atoms with Crippen LogP contribution < -0.4 is 4.74 Å². The van der Waals surface area contributed by atoms with Crippen molar-refractivity contribution in [1.82, 2.24) is 0 Å². The first-order chi connectivity index (χ1) is 6.05. The maximum absolute atomic E-state index is 8.98. The van der Waals surface area contributed by atoms with Gasteiger partial charge in [-0.2, -0.15) is 0 Å². The van der Waals surface area contributed by atoms with Gasteiger partial charge in [0, 0.05) is 0 Å². The lowest BCUT2D eigenvalue weighted by atomic mass is 10.1. The molecule has 0 fully saturated rings. The third kappa shape index (κ3) is 2.90. The monoisotopic (exact) mass is 200 g/mol. The van der Waals surface area contributed by atoms with Crippen LogP contribution in [0.15, 0.2) is 24.3 Å². The van der Waals surface area contributed by atoms with Crippen LogP contribution in [0.3, 0.4) is 0 Å². The molecule has 2 nitrogen and oxygen atoms in total. The van der Waals surface area contributed by atoms with E-state index in [1.54, 1.807) is 26.0 Å². The molecule has 0 bridgehead atoms. The number of benzene rings is 1. The van der Waals surface area contributed by atoms with E-state index in [0.717, 1.165) is 0 Å². The Morgan fingerprint density at radius 1 is 1.38 bits per heavy atom. The van der Waals surface area contributed by atoms with Crippen molar-refractivity contribution in [3.63, 3.8) is 0 Å². The lowest BCUT2D eigenvalue weighted by molar-refractivity contribution is 0.0413. The van der Waals surface area contributed by atoms with Gasteiger partial charge in [0.25, 0.3) is 0 Å². The van der Waals surface area contributed by atoms with Crippen molar-refractivity contribution in [3.8, 4) is 5.75 Å². The Balaban J connectivity index is 2.80. The van der Waals surface area contributed by atoms with Gasteiger partial charge in [0.2, 0.25) is 0 Å². The Bertz CT molecular complexity index is 284. The van der Waals surface area contributed by atoms with Gasteiger partial charge in [-0.1, -0.05) is 23.7 Å². The second-order valence-electron chi connectivity index (χ2n) is 3.45. The minimum atomic E-state index is -0.592. The number of aliphatic hydroxyl groups excluding tert-OH is 1. The summed E-state index contributed by atoms with van der Waals surface area (Å²) in [7, 11) is 0. The van der Waals surface area contributed by atoms with E-state index in [9.17, 15) is 0 Å². The van der Waals surface area contributed by atoms with E-state index in [1.165, 1.54) is 0 Å². The average molecular weight is 201 g/mol. The van der Waals surface area contributed by atoms with Crippen molar-refractivity contribution in [2.75, 3.05) is 6.61 Å². The number of hydrogen-bond acceptors (Lipinski definition) is 2. The Morgan fingerprint density at radius 2 is 2.00 bits per heavy atom. The fraction of sp³-hybridized carbons (Fsp3) is 0.400. The number of para-hydroxylation sites is 1. The van der Waals surface area contributed by atoms with Crippen LogP contribution in [-0.2, 0) is 0 Å². The Kier molecular flexibility index (Phi) is 3.17. The summed E-state index contributed by atoms with van der Waals surface area (Å²) in [5.41, 5.74) is -0.592. The fourth-order valence-corrected chi connectivity index (χ4v) is 1.03. The molecule has 1 N–H and O–H groups in total. The molecule has 0 spiro atoms. The highest BCUT2D eigenvalue weighted by Gasteiger charge is 2.19. The molecule has 13 heavy (non-hydrogen) atoms. The number of rotatable bonds is 3. The first-order valence-electron chi connectivity index (χ1n) is 4.09. The first-order valence-corrected chi connectivity index (χ1v) is 4.47. The van der Waals surface area contributed by atoms with Crippen molar-refractivity contribution in [2.24, 2.45) is 0 Å². The molecule has 0 aliphatic carbocycles. The van der Waals surface area contributed by atoms with Crippen molar-refractivity contribution >= 4 is 11.6 Å². The van der Waals surface area contributed by atoms with Gasteiger partial charge < -0.3 is 9.84 Å². The molecule has 0 heterocycles. The van der Waals surface area contributed by atoms with Gasteiger partial charge in [-0.3, -0.25) is 0 Å². The van der Waals surface area contributed by atoms with Crippen LogP contribution in [0.25, 0.3) is 0 Å². The van der Waals surface area contributed by atoms with E-state index in [2.05, 4.69) is 0 Å². The van der Waals surface area contributed by atoms with Gasteiger partial charge in [-0.25, -0.2) is 0 Å². The van der Waals surface area contributed by atoms with E-state index in [4.69, 9.17) is 21.4 Å². The Labute approximate surface area is 83.1 Å². The van der Waals surface area contributed by atoms with Gasteiger partial charge in [-0.05, 0) is 26.0 Å². The Morgan fingerprint density at radius 3 is 2.54 bits per heavy atom. The summed E-state index contributed by atoms with van der Waals surface area (Å²) in [5.74, 6) is 0.600. The second kappa shape index (κ2) is 3.99. The highest BCUT2D eigenvalue weighted by atomic mass is 35.5.